The third-order valence-corrected chi connectivity index (χ3v) is 4.24. The first-order valence-electron chi connectivity index (χ1n) is 6.56. The molecule has 2 aromatic rings. The summed E-state index contributed by atoms with van der Waals surface area (Å²) in [6.07, 6.45) is 2.70. The van der Waals surface area contributed by atoms with E-state index in [-0.39, 0.29) is 0 Å². The zero-order valence-corrected chi connectivity index (χ0v) is 11.9. The minimum absolute atomic E-state index is 0.417. The third-order valence-electron chi connectivity index (χ3n) is 4.24. The van der Waals surface area contributed by atoms with Crippen molar-refractivity contribution in [1.82, 2.24) is 14.5 Å². The van der Waals surface area contributed by atoms with Crippen LogP contribution in [0, 0.1) is 19.8 Å². The standard InChI is InChI=1S/C14H22N4/c1-6-8(2)10(4)18-11(5)9(3)12-13(15)16-7-17-14(12)18/h7-8,10H,6H2,1-5H3,(H2,15,16,17). The van der Waals surface area contributed by atoms with Crippen molar-refractivity contribution in [3.8, 4) is 0 Å². The average Bonchev–Trinajstić information content (AvgIpc) is 2.61. The van der Waals surface area contributed by atoms with Crippen molar-refractivity contribution in [3.05, 3.63) is 17.6 Å². The predicted octanol–water partition coefficient (Wildman–Crippen LogP) is 3.24. The summed E-state index contributed by atoms with van der Waals surface area (Å²) in [7, 11) is 0. The number of aromatic nitrogens is 3. The quantitative estimate of drug-likeness (QED) is 0.904. The highest BCUT2D eigenvalue weighted by atomic mass is 15.1. The van der Waals surface area contributed by atoms with Crippen LogP contribution >= 0.6 is 0 Å². The minimum Gasteiger partial charge on any atom is -0.383 e. The van der Waals surface area contributed by atoms with Crippen molar-refractivity contribution in [2.45, 2.75) is 47.1 Å². The van der Waals surface area contributed by atoms with E-state index < -0.39 is 0 Å². The monoisotopic (exact) mass is 246 g/mol. The summed E-state index contributed by atoms with van der Waals surface area (Å²) in [5.74, 6) is 1.19. The molecule has 0 saturated heterocycles. The Balaban J connectivity index is 2.72. The van der Waals surface area contributed by atoms with Gasteiger partial charge in [-0.15, -0.1) is 0 Å². The summed E-state index contributed by atoms with van der Waals surface area (Å²) in [6.45, 7) is 11.0. The fraction of sp³-hybridized carbons (Fsp3) is 0.571. The first-order valence-corrected chi connectivity index (χ1v) is 6.56. The van der Waals surface area contributed by atoms with Gasteiger partial charge in [-0.05, 0) is 32.3 Å². The molecule has 2 heterocycles. The van der Waals surface area contributed by atoms with Crippen molar-refractivity contribution in [2.75, 3.05) is 5.73 Å². The van der Waals surface area contributed by atoms with Gasteiger partial charge in [-0.3, -0.25) is 0 Å². The van der Waals surface area contributed by atoms with Crippen molar-refractivity contribution < 1.29 is 0 Å². The van der Waals surface area contributed by atoms with E-state index in [4.69, 9.17) is 5.73 Å². The molecule has 0 aliphatic heterocycles. The van der Waals surface area contributed by atoms with E-state index in [0.717, 1.165) is 17.5 Å². The Bertz CT molecular complexity index is 571. The Labute approximate surface area is 108 Å². The Kier molecular flexibility index (Phi) is 3.28. The van der Waals surface area contributed by atoms with E-state index in [1.54, 1.807) is 6.33 Å². The first kappa shape index (κ1) is 12.9. The number of fused-ring (bicyclic) bond motifs is 1. The van der Waals surface area contributed by atoms with Gasteiger partial charge in [0.25, 0.3) is 0 Å². The maximum Gasteiger partial charge on any atom is 0.146 e. The molecule has 0 spiro atoms. The van der Waals surface area contributed by atoms with Crippen molar-refractivity contribution in [3.63, 3.8) is 0 Å². The van der Waals surface area contributed by atoms with Crippen LogP contribution in [0.5, 0.6) is 0 Å². The number of nitrogens with two attached hydrogens (primary N) is 1. The highest BCUT2D eigenvalue weighted by molar-refractivity contribution is 5.90. The molecule has 0 radical (unpaired) electrons. The maximum atomic E-state index is 5.98. The molecule has 0 aliphatic rings. The summed E-state index contributed by atoms with van der Waals surface area (Å²) < 4.78 is 2.30. The Morgan fingerprint density at radius 3 is 2.56 bits per heavy atom. The maximum absolute atomic E-state index is 5.98. The molecule has 2 aromatic heterocycles. The summed E-state index contributed by atoms with van der Waals surface area (Å²) in [6, 6.07) is 0.417. The Morgan fingerprint density at radius 1 is 1.28 bits per heavy atom. The molecule has 4 heteroatoms. The second-order valence-corrected chi connectivity index (χ2v) is 5.16. The van der Waals surface area contributed by atoms with Crippen LogP contribution in [0.4, 0.5) is 5.82 Å². The second-order valence-electron chi connectivity index (χ2n) is 5.16. The number of hydrogen-bond donors (Lipinski definition) is 1. The predicted molar refractivity (Wildman–Crippen MR) is 75.6 cm³/mol. The van der Waals surface area contributed by atoms with E-state index in [9.17, 15) is 0 Å². The van der Waals surface area contributed by atoms with Crippen molar-refractivity contribution in [1.29, 1.82) is 0 Å². The second kappa shape index (κ2) is 4.59. The molecule has 2 unspecified atom stereocenters. The molecule has 98 valence electrons. The lowest BCUT2D eigenvalue weighted by atomic mass is 10.0. The van der Waals surface area contributed by atoms with Gasteiger partial charge in [0.1, 0.15) is 17.8 Å². The molecule has 0 aliphatic carbocycles. The van der Waals surface area contributed by atoms with Gasteiger partial charge < -0.3 is 10.3 Å². The lowest BCUT2D eigenvalue weighted by molar-refractivity contribution is 0.372. The Morgan fingerprint density at radius 2 is 1.94 bits per heavy atom. The van der Waals surface area contributed by atoms with Crippen LogP contribution in [-0.4, -0.2) is 14.5 Å². The minimum atomic E-state index is 0.417. The fourth-order valence-electron chi connectivity index (χ4n) is 2.55. The van der Waals surface area contributed by atoms with Gasteiger partial charge in [0.05, 0.1) is 5.39 Å². The fourth-order valence-corrected chi connectivity index (χ4v) is 2.55. The van der Waals surface area contributed by atoms with Gasteiger partial charge >= 0.3 is 0 Å². The Hall–Kier alpha value is -1.58. The van der Waals surface area contributed by atoms with Crippen LogP contribution in [-0.2, 0) is 0 Å². The van der Waals surface area contributed by atoms with Gasteiger partial charge in [0.2, 0.25) is 0 Å². The highest BCUT2D eigenvalue weighted by Crippen LogP contribution is 2.32. The number of nitrogens with zero attached hydrogens (tertiary/aromatic N) is 3. The highest BCUT2D eigenvalue weighted by Gasteiger charge is 2.21. The van der Waals surface area contributed by atoms with Crippen LogP contribution in [0.25, 0.3) is 11.0 Å². The van der Waals surface area contributed by atoms with E-state index in [1.807, 2.05) is 0 Å². The summed E-state index contributed by atoms with van der Waals surface area (Å²) >= 11 is 0. The number of anilines is 1. The molecule has 0 saturated carbocycles. The molecular weight excluding hydrogens is 224 g/mol. The molecule has 0 fully saturated rings. The SMILES string of the molecule is CCC(C)C(C)n1c(C)c(C)c2c(N)ncnc21. The van der Waals surface area contributed by atoms with E-state index >= 15 is 0 Å². The molecule has 2 N–H and O–H groups in total. The van der Waals surface area contributed by atoms with Gasteiger partial charge in [-0.2, -0.15) is 0 Å². The zero-order chi connectivity index (χ0) is 13.4. The third kappa shape index (κ3) is 1.76. The molecule has 0 amide bonds. The number of aryl methyl sites for hydroxylation is 1. The van der Waals surface area contributed by atoms with Gasteiger partial charge in [-0.1, -0.05) is 20.3 Å². The van der Waals surface area contributed by atoms with Crippen LogP contribution in [0.1, 0.15) is 44.5 Å². The first-order chi connectivity index (χ1) is 8.49. The lowest BCUT2D eigenvalue weighted by Crippen LogP contribution is -2.15. The van der Waals surface area contributed by atoms with Gasteiger partial charge in [0.15, 0.2) is 0 Å². The molecule has 4 nitrogen and oxygen atoms in total. The number of hydrogen-bond acceptors (Lipinski definition) is 3. The van der Waals surface area contributed by atoms with Gasteiger partial charge in [-0.25, -0.2) is 9.97 Å². The average molecular weight is 246 g/mol. The van der Waals surface area contributed by atoms with Crippen LogP contribution in [0.15, 0.2) is 6.33 Å². The normalized spacial score (nSPS) is 14.9. The summed E-state index contributed by atoms with van der Waals surface area (Å²) in [4.78, 5) is 8.53. The number of nitrogen functional groups attached to an aromatic ring is 1. The molecule has 0 aromatic carbocycles. The molecular formula is C14H22N4. The molecule has 2 atom stereocenters. The van der Waals surface area contributed by atoms with Crippen LogP contribution in [0.2, 0.25) is 0 Å². The van der Waals surface area contributed by atoms with Crippen LogP contribution in [0.3, 0.4) is 0 Å². The molecule has 0 bridgehead atoms. The van der Waals surface area contributed by atoms with Crippen molar-refractivity contribution in [2.24, 2.45) is 5.92 Å². The van der Waals surface area contributed by atoms with E-state index in [0.29, 0.717) is 17.8 Å². The zero-order valence-electron chi connectivity index (χ0n) is 11.9. The molecule has 2 rings (SSSR count). The summed E-state index contributed by atoms with van der Waals surface area (Å²) in [5, 5.41) is 1.00. The smallest absolute Gasteiger partial charge is 0.146 e. The van der Waals surface area contributed by atoms with Crippen LogP contribution < -0.4 is 5.73 Å². The van der Waals surface area contributed by atoms with E-state index in [2.05, 4.69) is 49.2 Å². The largest absolute Gasteiger partial charge is 0.383 e. The lowest BCUT2D eigenvalue weighted by Gasteiger charge is -2.22. The summed E-state index contributed by atoms with van der Waals surface area (Å²) in [5.41, 5.74) is 9.38. The number of rotatable bonds is 3. The topological polar surface area (TPSA) is 56.7 Å². The van der Waals surface area contributed by atoms with Crippen molar-refractivity contribution >= 4 is 16.9 Å². The molecule has 18 heavy (non-hydrogen) atoms. The van der Waals surface area contributed by atoms with E-state index in [1.165, 1.54) is 11.3 Å². The van der Waals surface area contributed by atoms with Gasteiger partial charge in [0, 0.05) is 11.7 Å².